The lowest BCUT2D eigenvalue weighted by molar-refractivity contribution is 0.108. The fraction of sp³-hybridized carbons (Fsp3) is 0.292. The van der Waals surface area contributed by atoms with Crippen LogP contribution in [0.2, 0.25) is 0 Å². The Labute approximate surface area is 170 Å². The van der Waals surface area contributed by atoms with E-state index in [-0.39, 0.29) is 5.82 Å². The van der Waals surface area contributed by atoms with Crippen molar-refractivity contribution < 1.29 is 9.13 Å². The van der Waals surface area contributed by atoms with Crippen LogP contribution in [0.5, 0.6) is 0 Å². The van der Waals surface area contributed by atoms with Gasteiger partial charge in [0.25, 0.3) is 0 Å². The van der Waals surface area contributed by atoms with Gasteiger partial charge in [0.2, 0.25) is 0 Å². The molecule has 2 unspecified atom stereocenters. The molecule has 2 atom stereocenters. The van der Waals surface area contributed by atoms with Crippen LogP contribution in [0.1, 0.15) is 24.3 Å². The average molecular weight is 389 g/mol. The standard InChI is InChI=1S/C24H24FN3O/c1-29-21-13-20-12-18(8-11-28(20)15-21)22-14-27-24(17-2-4-19(25)5-3-17)23(22)16-6-9-26-10-7-16/h2-7,9-10,12,14,18,21,27H,8,11,13,15H2,1H3. The molecule has 1 saturated heterocycles. The molecule has 0 bridgehead atoms. The lowest BCUT2D eigenvalue weighted by atomic mass is 9.87. The third kappa shape index (κ3) is 3.36. The van der Waals surface area contributed by atoms with Crippen molar-refractivity contribution in [1.29, 1.82) is 0 Å². The van der Waals surface area contributed by atoms with Gasteiger partial charge in [-0.1, -0.05) is 6.08 Å². The van der Waals surface area contributed by atoms with Crippen LogP contribution >= 0.6 is 0 Å². The van der Waals surface area contributed by atoms with Crippen LogP contribution in [0.25, 0.3) is 22.4 Å². The van der Waals surface area contributed by atoms with Gasteiger partial charge in [0.1, 0.15) is 5.82 Å². The number of methoxy groups -OCH3 is 1. The van der Waals surface area contributed by atoms with Gasteiger partial charge in [-0.2, -0.15) is 0 Å². The number of ether oxygens (including phenoxy) is 1. The van der Waals surface area contributed by atoms with E-state index in [1.165, 1.54) is 29.0 Å². The first-order valence-corrected chi connectivity index (χ1v) is 10.1. The summed E-state index contributed by atoms with van der Waals surface area (Å²) in [6.07, 6.45) is 10.5. The number of rotatable bonds is 4. The lowest BCUT2D eigenvalue weighted by Crippen LogP contribution is -2.27. The molecule has 0 spiro atoms. The molecular weight excluding hydrogens is 365 g/mol. The normalized spacial score (nSPS) is 21.2. The number of nitrogens with zero attached hydrogens (tertiary/aromatic N) is 2. The molecule has 2 aromatic heterocycles. The fourth-order valence-corrected chi connectivity index (χ4v) is 4.62. The van der Waals surface area contributed by atoms with Gasteiger partial charge in [-0.3, -0.25) is 4.98 Å². The number of aromatic nitrogens is 2. The van der Waals surface area contributed by atoms with E-state index in [0.29, 0.717) is 12.0 Å². The van der Waals surface area contributed by atoms with E-state index in [9.17, 15) is 4.39 Å². The highest BCUT2D eigenvalue weighted by atomic mass is 19.1. The molecule has 1 fully saturated rings. The van der Waals surface area contributed by atoms with E-state index in [2.05, 4.69) is 27.1 Å². The van der Waals surface area contributed by atoms with Gasteiger partial charge in [-0.25, -0.2) is 4.39 Å². The number of hydrogen-bond acceptors (Lipinski definition) is 3. The molecule has 0 aliphatic carbocycles. The maximum absolute atomic E-state index is 13.5. The quantitative estimate of drug-likeness (QED) is 0.685. The molecule has 2 aliphatic heterocycles. The van der Waals surface area contributed by atoms with Gasteiger partial charge in [0.05, 0.1) is 11.8 Å². The highest BCUT2D eigenvalue weighted by Crippen LogP contribution is 2.42. The maximum Gasteiger partial charge on any atom is 0.123 e. The Morgan fingerprint density at radius 1 is 1.10 bits per heavy atom. The van der Waals surface area contributed by atoms with Gasteiger partial charge in [-0.05, 0) is 59.5 Å². The summed E-state index contributed by atoms with van der Waals surface area (Å²) in [5.41, 5.74) is 6.97. The van der Waals surface area contributed by atoms with Crippen LogP contribution in [0.15, 0.2) is 66.8 Å². The highest BCUT2D eigenvalue weighted by molar-refractivity contribution is 5.84. The van der Waals surface area contributed by atoms with Crippen LogP contribution in [0, 0.1) is 5.82 Å². The molecule has 0 amide bonds. The number of hydrogen-bond donors (Lipinski definition) is 1. The minimum Gasteiger partial charge on any atom is -0.379 e. The first kappa shape index (κ1) is 18.1. The van der Waals surface area contributed by atoms with E-state index in [1.807, 2.05) is 36.7 Å². The Hall–Kier alpha value is -2.92. The topological polar surface area (TPSA) is 41.1 Å². The van der Waals surface area contributed by atoms with Crippen molar-refractivity contribution >= 4 is 0 Å². The Morgan fingerprint density at radius 2 is 1.90 bits per heavy atom. The number of benzene rings is 1. The molecule has 29 heavy (non-hydrogen) atoms. The number of aromatic amines is 1. The molecule has 3 aromatic rings. The summed E-state index contributed by atoms with van der Waals surface area (Å²) in [5, 5.41) is 0. The number of H-pyrrole nitrogens is 1. The van der Waals surface area contributed by atoms with Gasteiger partial charge in [0, 0.05) is 62.4 Å². The second kappa shape index (κ2) is 7.48. The summed E-state index contributed by atoms with van der Waals surface area (Å²) in [5.74, 6) is 0.113. The number of nitrogens with one attached hydrogen (secondary N) is 1. The molecule has 4 heterocycles. The summed E-state index contributed by atoms with van der Waals surface area (Å²) in [7, 11) is 1.80. The number of allylic oxidation sites excluding steroid dienone is 1. The van der Waals surface area contributed by atoms with Gasteiger partial charge in [-0.15, -0.1) is 0 Å². The van der Waals surface area contributed by atoms with Crippen molar-refractivity contribution in [2.45, 2.75) is 24.9 Å². The lowest BCUT2D eigenvalue weighted by Gasteiger charge is -2.29. The second-order valence-electron chi connectivity index (χ2n) is 7.80. The molecule has 0 saturated carbocycles. The third-order valence-corrected chi connectivity index (χ3v) is 6.12. The summed E-state index contributed by atoms with van der Waals surface area (Å²) in [6, 6.07) is 10.8. The largest absolute Gasteiger partial charge is 0.379 e. The van der Waals surface area contributed by atoms with Gasteiger partial charge >= 0.3 is 0 Å². The van der Waals surface area contributed by atoms with Crippen molar-refractivity contribution in [3.05, 3.63) is 78.1 Å². The van der Waals surface area contributed by atoms with Crippen LogP contribution in [0.3, 0.4) is 0 Å². The Kier molecular flexibility index (Phi) is 4.68. The minimum absolute atomic E-state index is 0.225. The zero-order valence-corrected chi connectivity index (χ0v) is 16.4. The minimum atomic E-state index is -0.225. The molecule has 148 valence electrons. The van der Waals surface area contributed by atoms with E-state index >= 15 is 0 Å². The zero-order chi connectivity index (χ0) is 19.8. The molecule has 5 rings (SSSR count). The smallest absolute Gasteiger partial charge is 0.123 e. The monoisotopic (exact) mass is 389 g/mol. The third-order valence-electron chi connectivity index (χ3n) is 6.12. The highest BCUT2D eigenvalue weighted by Gasteiger charge is 2.32. The van der Waals surface area contributed by atoms with Crippen LogP contribution < -0.4 is 0 Å². The van der Waals surface area contributed by atoms with E-state index < -0.39 is 0 Å². The molecule has 2 aliphatic rings. The molecular formula is C24H24FN3O. The fourth-order valence-electron chi connectivity index (χ4n) is 4.62. The number of halogens is 1. The first-order valence-electron chi connectivity index (χ1n) is 10.1. The van der Waals surface area contributed by atoms with E-state index in [1.54, 1.807) is 7.11 Å². The van der Waals surface area contributed by atoms with E-state index in [0.717, 1.165) is 42.8 Å². The van der Waals surface area contributed by atoms with Gasteiger partial charge < -0.3 is 14.6 Å². The summed E-state index contributed by atoms with van der Waals surface area (Å²) in [6.45, 7) is 2.03. The Morgan fingerprint density at radius 3 is 2.66 bits per heavy atom. The first-order chi connectivity index (χ1) is 14.2. The second-order valence-corrected chi connectivity index (χ2v) is 7.80. The van der Waals surface area contributed by atoms with Gasteiger partial charge in [0.15, 0.2) is 0 Å². The molecule has 1 aromatic carbocycles. The molecule has 4 nitrogen and oxygen atoms in total. The Balaban J connectivity index is 1.59. The van der Waals surface area contributed by atoms with Crippen molar-refractivity contribution in [2.24, 2.45) is 0 Å². The molecule has 5 heteroatoms. The van der Waals surface area contributed by atoms with Crippen molar-refractivity contribution in [3.63, 3.8) is 0 Å². The predicted octanol–water partition coefficient (Wildman–Crippen LogP) is 4.97. The van der Waals surface area contributed by atoms with E-state index in [4.69, 9.17) is 4.74 Å². The van der Waals surface area contributed by atoms with Crippen LogP contribution in [0.4, 0.5) is 4.39 Å². The Bertz CT molecular complexity index is 1030. The number of fused-ring (bicyclic) bond motifs is 1. The van der Waals surface area contributed by atoms with Crippen LogP contribution in [-0.2, 0) is 4.74 Å². The van der Waals surface area contributed by atoms with Crippen molar-refractivity contribution in [1.82, 2.24) is 14.9 Å². The van der Waals surface area contributed by atoms with Crippen LogP contribution in [-0.4, -0.2) is 41.2 Å². The SMILES string of the molecule is COC1CC2=CC(c3c[nH]c(-c4ccc(F)cc4)c3-c3ccncc3)CCN2C1. The zero-order valence-electron chi connectivity index (χ0n) is 16.4. The molecule has 1 N–H and O–H groups in total. The van der Waals surface area contributed by atoms with Crippen molar-refractivity contribution in [2.75, 3.05) is 20.2 Å². The molecule has 0 radical (unpaired) electrons. The number of pyridine rings is 1. The summed E-state index contributed by atoms with van der Waals surface area (Å²) >= 11 is 0. The summed E-state index contributed by atoms with van der Waals surface area (Å²) < 4.78 is 19.0. The summed E-state index contributed by atoms with van der Waals surface area (Å²) in [4.78, 5) is 10.1. The van der Waals surface area contributed by atoms with Crippen molar-refractivity contribution in [3.8, 4) is 22.4 Å². The predicted molar refractivity (Wildman–Crippen MR) is 112 cm³/mol. The maximum atomic E-state index is 13.5. The average Bonchev–Trinajstić information content (AvgIpc) is 3.38.